The van der Waals surface area contributed by atoms with E-state index in [1.54, 1.807) is 4.90 Å². The molecule has 1 amide bonds. The molecule has 1 aliphatic carbocycles. The highest BCUT2D eigenvalue weighted by molar-refractivity contribution is 5.72. The van der Waals surface area contributed by atoms with Crippen LogP contribution >= 0.6 is 0 Å². The minimum absolute atomic E-state index is 0.128. The lowest BCUT2D eigenvalue weighted by molar-refractivity contribution is 0.0576. The van der Waals surface area contributed by atoms with Gasteiger partial charge in [0.1, 0.15) is 0 Å². The van der Waals surface area contributed by atoms with Gasteiger partial charge in [0.2, 0.25) is 0 Å². The van der Waals surface area contributed by atoms with Gasteiger partial charge >= 0.3 is 6.09 Å². The Morgan fingerprint density at radius 3 is 2.35 bits per heavy atom. The summed E-state index contributed by atoms with van der Waals surface area (Å²) in [6.07, 6.45) is 1.59. The Morgan fingerprint density at radius 2 is 1.75 bits per heavy atom. The average molecular weight is 273 g/mol. The summed E-state index contributed by atoms with van der Waals surface area (Å²) in [5, 5.41) is 0. The Kier molecular flexibility index (Phi) is 4.17. The first-order valence-electron chi connectivity index (χ1n) is 7.18. The Hall–Kier alpha value is -1.77. The number of hydrogen-bond donors (Lipinski definition) is 0. The van der Waals surface area contributed by atoms with E-state index in [0.29, 0.717) is 0 Å². The van der Waals surface area contributed by atoms with Crippen molar-refractivity contribution in [3.8, 4) is 0 Å². The molecule has 0 heterocycles. The molecule has 0 bridgehead atoms. The monoisotopic (exact) mass is 273 g/mol. The number of carbonyl (C=O) groups excluding carboxylic acids is 1. The molecule has 1 aromatic rings. The van der Waals surface area contributed by atoms with Crippen LogP contribution in [0.4, 0.5) is 4.79 Å². The molecule has 0 aromatic heterocycles. The number of nitrogens with zero attached hydrogens (tertiary/aromatic N) is 1. The van der Waals surface area contributed by atoms with Crippen molar-refractivity contribution in [2.24, 2.45) is 0 Å². The van der Waals surface area contributed by atoms with E-state index in [2.05, 4.69) is 12.1 Å². The first kappa shape index (κ1) is 14.6. The molecule has 20 heavy (non-hydrogen) atoms. The fourth-order valence-electron chi connectivity index (χ4n) is 2.78. The van der Waals surface area contributed by atoms with E-state index in [1.165, 1.54) is 0 Å². The van der Waals surface area contributed by atoms with E-state index in [9.17, 15) is 4.79 Å². The largest absolute Gasteiger partial charge is 0.437 e. The van der Waals surface area contributed by atoms with Crippen LogP contribution in [0.1, 0.15) is 51.8 Å². The van der Waals surface area contributed by atoms with Gasteiger partial charge in [0, 0.05) is 17.6 Å². The molecular weight excluding hydrogens is 250 g/mol. The smallest absolute Gasteiger partial charge is 0.411 e. The van der Waals surface area contributed by atoms with Gasteiger partial charge in [-0.15, -0.1) is 0 Å². The maximum atomic E-state index is 12.4. The summed E-state index contributed by atoms with van der Waals surface area (Å²) >= 11 is 0. The molecule has 0 radical (unpaired) electrons. The second-order valence-electron chi connectivity index (χ2n) is 5.88. The first-order chi connectivity index (χ1) is 9.41. The summed E-state index contributed by atoms with van der Waals surface area (Å²) in [6, 6.07) is 8.31. The highest BCUT2D eigenvalue weighted by atomic mass is 16.6. The number of fused-ring (bicyclic) bond motifs is 1. The van der Waals surface area contributed by atoms with Crippen LogP contribution in [0.5, 0.6) is 0 Å². The van der Waals surface area contributed by atoms with Crippen LogP contribution in [0.25, 0.3) is 6.08 Å². The summed E-state index contributed by atoms with van der Waals surface area (Å²) in [7, 11) is 0. The quantitative estimate of drug-likeness (QED) is 0.817. The molecule has 2 rings (SSSR count). The third-order valence-electron chi connectivity index (χ3n) is 3.62. The molecule has 0 fully saturated rings. The fourth-order valence-corrected chi connectivity index (χ4v) is 2.78. The third kappa shape index (κ3) is 2.72. The van der Waals surface area contributed by atoms with E-state index in [0.717, 1.165) is 16.7 Å². The summed E-state index contributed by atoms with van der Waals surface area (Å²) < 4.78 is 5.75. The minimum atomic E-state index is -0.251. The molecule has 3 nitrogen and oxygen atoms in total. The molecule has 1 aromatic carbocycles. The zero-order chi connectivity index (χ0) is 14.9. The standard InChI is InChI=1S/C17H23NO2/c1-11(2)18(12(3)4)17(19)20-16-13(5)10-14-8-6-7-9-15(14)16/h6-12,16H,1-5H3. The molecular formula is C17H23NO2. The predicted octanol–water partition coefficient (Wildman–Crippen LogP) is 4.40. The number of rotatable bonds is 3. The molecule has 0 spiro atoms. The van der Waals surface area contributed by atoms with E-state index in [1.807, 2.05) is 52.8 Å². The molecule has 1 unspecified atom stereocenters. The van der Waals surface area contributed by atoms with Crippen LogP contribution in [0.15, 0.2) is 29.8 Å². The second kappa shape index (κ2) is 5.70. The third-order valence-corrected chi connectivity index (χ3v) is 3.62. The Labute approximate surface area is 121 Å². The van der Waals surface area contributed by atoms with Crippen LogP contribution in [0.2, 0.25) is 0 Å². The van der Waals surface area contributed by atoms with Crippen molar-refractivity contribution in [1.29, 1.82) is 0 Å². The van der Waals surface area contributed by atoms with Crippen LogP contribution in [-0.4, -0.2) is 23.1 Å². The summed E-state index contributed by atoms with van der Waals surface area (Å²) in [6.45, 7) is 10.0. The van der Waals surface area contributed by atoms with Crippen molar-refractivity contribution in [3.05, 3.63) is 41.0 Å². The van der Waals surface area contributed by atoms with Gasteiger partial charge in [-0.1, -0.05) is 30.3 Å². The normalized spacial score (nSPS) is 17.1. The summed E-state index contributed by atoms with van der Waals surface area (Å²) in [4.78, 5) is 14.2. The van der Waals surface area contributed by atoms with Crippen LogP contribution in [-0.2, 0) is 4.74 Å². The highest BCUT2D eigenvalue weighted by Gasteiger charge is 2.29. The van der Waals surface area contributed by atoms with Crippen molar-refractivity contribution < 1.29 is 9.53 Å². The van der Waals surface area contributed by atoms with Gasteiger partial charge in [-0.3, -0.25) is 0 Å². The lowest BCUT2D eigenvalue weighted by Gasteiger charge is -2.31. The van der Waals surface area contributed by atoms with Crippen LogP contribution in [0, 0.1) is 0 Å². The van der Waals surface area contributed by atoms with E-state index >= 15 is 0 Å². The molecule has 0 saturated carbocycles. The van der Waals surface area contributed by atoms with Gasteiger partial charge < -0.3 is 9.64 Å². The topological polar surface area (TPSA) is 29.5 Å². The van der Waals surface area contributed by atoms with Crippen molar-refractivity contribution in [2.45, 2.75) is 52.8 Å². The maximum Gasteiger partial charge on any atom is 0.411 e. The first-order valence-corrected chi connectivity index (χ1v) is 7.18. The second-order valence-corrected chi connectivity index (χ2v) is 5.88. The molecule has 1 atom stereocenters. The molecule has 108 valence electrons. The molecule has 0 saturated heterocycles. The Balaban J connectivity index is 2.18. The summed E-state index contributed by atoms with van der Waals surface area (Å²) in [5.74, 6) is 0. The Bertz CT molecular complexity index is 524. The molecule has 1 aliphatic rings. The zero-order valence-corrected chi connectivity index (χ0v) is 12.9. The number of ether oxygens (including phenoxy) is 1. The van der Waals surface area contributed by atoms with E-state index in [4.69, 9.17) is 4.74 Å². The van der Waals surface area contributed by atoms with Gasteiger partial charge in [0.25, 0.3) is 0 Å². The fraction of sp³-hybridized carbons (Fsp3) is 0.471. The van der Waals surface area contributed by atoms with Gasteiger partial charge in [0.15, 0.2) is 6.10 Å². The van der Waals surface area contributed by atoms with Gasteiger partial charge in [-0.2, -0.15) is 0 Å². The molecule has 0 aliphatic heterocycles. The van der Waals surface area contributed by atoms with E-state index < -0.39 is 0 Å². The van der Waals surface area contributed by atoms with Crippen LogP contribution in [0.3, 0.4) is 0 Å². The van der Waals surface area contributed by atoms with Gasteiger partial charge in [-0.05, 0) is 45.8 Å². The lowest BCUT2D eigenvalue weighted by Crippen LogP contribution is -2.42. The molecule has 3 heteroatoms. The van der Waals surface area contributed by atoms with Crippen molar-refractivity contribution in [3.63, 3.8) is 0 Å². The van der Waals surface area contributed by atoms with Crippen molar-refractivity contribution in [1.82, 2.24) is 4.90 Å². The zero-order valence-electron chi connectivity index (χ0n) is 12.9. The number of benzene rings is 1. The van der Waals surface area contributed by atoms with Crippen molar-refractivity contribution >= 4 is 12.2 Å². The number of hydrogen-bond acceptors (Lipinski definition) is 2. The highest BCUT2D eigenvalue weighted by Crippen LogP contribution is 2.37. The summed E-state index contributed by atoms with van der Waals surface area (Å²) in [5.41, 5.74) is 3.29. The minimum Gasteiger partial charge on any atom is -0.437 e. The number of carbonyl (C=O) groups is 1. The average Bonchev–Trinajstić information content (AvgIpc) is 2.65. The van der Waals surface area contributed by atoms with E-state index in [-0.39, 0.29) is 24.3 Å². The predicted molar refractivity (Wildman–Crippen MR) is 81.4 cm³/mol. The number of amides is 1. The molecule has 0 N–H and O–H groups in total. The van der Waals surface area contributed by atoms with Gasteiger partial charge in [-0.25, -0.2) is 4.79 Å². The lowest BCUT2D eigenvalue weighted by atomic mass is 10.1. The Morgan fingerprint density at radius 1 is 1.15 bits per heavy atom. The van der Waals surface area contributed by atoms with Crippen LogP contribution < -0.4 is 0 Å². The maximum absolute atomic E-state index is 12.4. The van der Waals surface area contributed by atoms with Gasteiger partial charge in [0.05, 0.1) is 0 Å². The van der Waals surface area contributed by atoms with Crippen molar-refractivity contribution in [2.75, 3.05) is 0 Å². The SMILES string of the molecule is CC1=Cc2ccccc2C1OC(=O)N(C(C)C)C(C)C.